The summed E-state index contributed by atoms with van der Waals surface area (Å²) in [5, 5.41) is 0. The molecule has 7 heteroatoms. The van der Waals surface area contributed by atoms with Gasteiger partial charge in [0.1, 0.15) is 10.9 Å². The average Bonchev–Trinajstić information content (AvgIpc) is 2.94. The Morgan fingerprint density at radius 3 is 2.79 bits per heavy atom. The molecule has 0 atom stereocenters. The first-order chi connectivity index (χ1) is 13.9. The van der Waals surface area contributed by atoms with Crippen LogP contribution in [0.3, 0.4) is 0 Å². The van der Waals surface area contributed by atoms with Crippen LogP contribution in [0, 0.1) is 6.92 Å². The van der Waals surface area contributed by atoms with Crippen LogP contribution in [-0.4, -0.2) is 28.8 Å². The fourth-order valence-electron chi connectivity index (χ4n) is 2.86. The van der Waals surface area contributed by atoms with Crippen molar-refractivity contribution < 1.29 is 14.3 Å². The second kappa shape index (κ2) is 9.61. The number of hydrogen-bond acceptors (Lipinski definition) is 5. The van der Waals surface area contributed by atoms with Gasteiger partial charge in [-0.3, -0.25) is 9.69 Å². The SMILES string of the molecule is C=CCN1C(=O)/C(=C\c2cc(Br)c(OCc3cccc(C)c3)c(OC)c2)SC1=S. The van der Waals surface area contributed by atoms with E-state index in [1.54, 1.807) is 19.3 Å². The number of hydrogen-bond donors (Lipinski definition) is 0. The highest BCUT2D eigenvalue weighted by Crippen LogP contribution is 2.39. The van der Waals surface area contributed by atoms with Crippen molar-refractivity contribution in [3.63, 3.8) is 0 Å². The number of halogens is 1. The normalized spacial score (nSPS) is 15.1. The van der Waals surface area contributed by atoms with E-state index in [2.05, 4.69) is 28.6 Å². The summed E-state index contributed by atoms with van der Waals surface area (Å²) < 4.78 is 12.8. The van der Waals surface area contributed by atoms with Gasteiger partial charge in [-0.15, -0.1) is 6.58 Å². The molecule has 0 aliphatic carbocycles. The Bertz CT molecular complexity index is 1000. The van der Waals surface area contributed by atoms with Crippen molar-refractivity contribution >= 4 is 56.2 Å². The van der Waals surface area contributed by atoms with Crippen molar-refractivity contribution in [3.8, 4) is 11.5 Å². The molecule has 150 valence electrons. The summed E-state index contributed by atoms with van der Waals surface area (Å²) in [5.74, 6) is 1.08. The van der Waals surface area contributed by atoms with E-state index >= 15 is 0 Å². The summed E-state index contributed by atoms with van der Waals surface area (Å²) in [7, 11) is 1.59. The summed E-state index contributed by atoms with van der Waals surface area (Å²) >= 11 is 10.1. The summed E-state index contributed by atoms with van der Waals surface area (Å²) in [5.41, 5.74) is 3.07. The fraction of sp³-hybridized carbons (Fsp3) is 0.182. The van der Waals surface area contributed by atoms with E-state index in [0.717, 1.165) is 15.6 Å². The molecule has 2 aromatic rings. The van der Waals surface area contributed by atoms with Gasteiger partial charge in [-0.1, -0.05) is 59.9 Å². The molecule has 1 saturated heterocycles. The maximum absolute atomic E-state index is 12.5. The number of carbonyl (C=O) groups excluding carboxylic acids is 1. The minimum atomic E-state index is -0.116. The number of carbonyl (C=O) groups is 1. The quantitative estimate of drug-likeness (QED) is 0.282. The van der Waals surface area contributed by atoms with Crippen molar-refractivity contribution in [2.45, 2.75) is 13.5 Å². The topological polar surface area (TPSA) is 38.8 Å². The summed E-state index contributed by atoms with van der Waals surface area (Å²) in [6.07, 6.45) is 3.47. The number of benzene rings is 2. The Morgan fingerprint density at radius 2 is 2.10 bits per heavy atom. The zero-order chi connectivity index (χ0) is 21.0. The minimum Gasteiger partial charge on any atom is -0.493 e. The molecular weight excluding hydrogens is 470 g/mol. The predicted octanol–water partition coefficient (Wildman–Crippen LogP) is 5.73. The second-order valence-electron chi connectivity index (χ2n) is 6.39. The third-order valence-corrected chi connectivity index (χ3v) is 6.17. The summed E-state index contributed by atoms with van der Waals surface area (Å²) in [6, 6.07) is 11.9. The first kappa shape index (κ1) is 21.6. The van der Waals surface area contributed by atoms with Crippen molar-refractivity contribution in [2.24, 2.45) is 0 Å². The molecule has 1 aliphatic heterocycles. The van der Waals surface area contributed by atoms with Crippen molar-refractivity contribution in [1.29, 1.82) is 0 Å². The van der Waals surface area contributed by atoms with Crippen molar-refractivity contribution in [1.82, 2.24) is 4.90 Å². The van der Waals surface area contributed by atoms with E-state index in [4.69, 9.17) is 21.7 Å². The van der Waals surface area contributed by atoms with Gasteiger partial charge in [0, 0.05) is 6.54 Å². The third-order valence-electron chi connectivity index (χ3n) is 4.20. The molecule has 0 N–H and O–H groups in total. The van der Waals surface area contributed by atoms with Gasteiger partial charge in [-0.2, -0.15) is 0 Å². The lowest BCUT2D eigenvalue weighted by Gasteiger charge is -2.14. The second-order valence-corrected chi connectivity index (χ2v) is 8.92. The first-order valence-electron chi connectivity index (χ1n) is 8.85. The minimum absolute atomic E-state index is 0.116. The van der Waals surface area contributed by atoms with Gasteiger partial charge in [0.25, 0.3) is 5.91 Å². The molecule has 1 amide bonds. The molecule has 1 heterocycles. The van der Waals surface area contributed by atoms with Gasteiger partial charge in [0.2, 0.25) is 0 Å². The first-order valence-corrected chi connectivity index (χ1v) is 10.9. The van der Waals surface area contributed by atoms with Gasteiger partial charge < -0.3 is 9.47 Å². The van der Waals surface area contributed by atoms with Gasteiger partial charge in [-0.05, 0) is 52.2 Å². The maximum atomic E-state index is 12.5. The molecule has 0 aromatic heterocycles. The van der Waals surface area contributed by atoms with Gasteiger partial charge in [0.15, 0.2) is 11.5 Å². The largest absolute Gasteiger partial charge is 0.493 e. The lowest BCUT2D eigenvalue weighted by Crippen LogP contribution is -2.27. The van der Waals surface area contributed by atoms with E-state index < -0.39 is 0 Å². The Hall–Kier alpha value is -2.09. The van der Waals surface area contributed by atoms with Crippen LogP contribution in [0.4, 0.5) is 0 Å². The molecule has 1 fully saturated rings. The van der Waals surface area contributed by atoms with Crippen LogP contribution < -0.4 is 9.47 Å². The molecule has 4 nitrogen and oxygen atoms in total. The zero-order valence-electron chi connectivity index (χ0n) is 16.1. The number of nitrogens with zero attached hydrogens (tertiary/aromatic N) is 1. The van der Waals surface area contributed by atoms with Crippen LogP contribution >= 0.6 is 39.9 Å². The van der Waals surface area contributed by atoms with Crippen LogP contribution in [0.25, 0.3) is 6.08 Å². The smallest absolute Gasteiger partial charge is 0.266 e. The van der Waals surface area contributed by atoms with Crippen molar-refractivity contribution in [3.05, 3.63) is 75.1 Å². The molecule has 0 radical (unpaired) electrons. The molecular formula is C22H20BrNO3S2. The Kier molecular flexibility index (Phi) is 7.16. The van der Waals surface area contributed by atoms with E-state index in [0.29, 0.717) is 33.9 Å². The highest BCUT2D eigenvalue weighted by Gasteiger charge is 2.31. The Labute approximate surface area is 188 Å². The van der Waals surface area contributed by atoms with Crippen LogP contribution in [0.1, 0.15) is 16.7 Å². The number of thiocarbonyl (C=S) groups is 1. The van der Waals surface area contributed by atoms with Gasteiger partial charge in [-0.25, -0.2) is 0 Å². The number of aryl methyl sites for hydroxylation is 1. The number of amides is 1. The van der Waals surface area contributed by atoms with Crippen LogP contribution in [0.2, 0.25) is 0 Å². The lowest BCUT2D eigenvalue weighted by atomic mass is 10.1. The highest BCUT2D eigenvalue weighted by molar-refractivity contribution is 9.10. The molecule has 0 bridgehead atoms. The predicted molar refractivity (Wildman–Crippen MR) is 126 cm³/mol. The van der Waals surface area contributed by atoms with Gasteiger partial charge in [0.05, 0.1) is 16.5 Å². The fourth-order valence-corrected chi connectivity index (χ4v) is 4.71. The van der Waals surface area contributed by atoms with Crippen LogP contribution in [0.15, 0.2) is 58.4 Å². The summed E-state index contributed by atoms with van der Waals surface area (Å²) in [4.78, 5) is 14.6. The molecule has 0 unspecified atom stereocenters. The molecule has 1 aliphatic rings. The molecule has 2 aromatic carbocycles. The monoisotopic (exact) mass is 489 g/mol. The number of ether oxygens (including phenoxy) is 2. The Morgan fingerprint density at radius 1 is 1.31 bits per heavy atom. The molecule has 3 rings (SSSR count). The van der Waals surface area contributed by atoms with E-state index in [1.165, 1.54) is 22.2 Å². The molecule has 0 spiro atoms. The van der Waals surface area contributed by atoms with Crippen molar-refractivity contribution in [2.75, 3.05) is 13.7 Å². The van der Waals surface area contributed by atoms with Gasteiger partial charge >= 0.3 is 0 Å². The van der Waals surface area contributed by atoms with Crippen LogP contribution in [-0.2, 0) is 11.4 Å². The molecule has 29 heavy (non-hydrogen) atoms. The zero-order valence-corrected chi connectivity index (χ0v) is 19.3. The maximum Gasteiger partial charge on any atom is 0.266 e. The number of thioether (sulfide) groups is 1. The number of rotatable bonds is 7. The van der Waals surface area contributed by atoms with E-state index in [-0.39, 0.29) is 5.91 Å². The summed E-state index contributed by atoms with van der Waals surface area (Å²) in [6.45, 7) is 6.55. The average molecular weight is 490 g/mol. The standard InChI is InChI=1S/C22H20BrNO3S2/c1-4-8-24-21(25)19(29-22(24)28)12-16-10-17(23)20(18(11-16)26-3)27-13-15-7-5-6-14(2)9-15/h4-7,9-12H,1,8,13H2,2-3H3/b19-12+. The lowest BCUT2D eigenvalue weighted by molar-refractivity contribution is -0.121. The third kappa shape index (κ3) is 5.10. The molecule has 0 saturated carbocycles. The number of methoxy groups -OCH3 is 1. The Balaban J connectivity index is 1.84. The van der Waals surface area contributed by atoms with E-state index in [1.807, 2.05) is 37.3 Å². The van der Waals surface area contributed by atoms with Crippen LogP contribution in [0.5, 0.6) is 11.5 Å². The van der Waals surface area contributed by atoms with E-state index in [9.17, 15) is 4.79 Å². The highest BCUT2D eigenvalue weighted by atomic mass is 79.9.